The van der Waals surface area contributed by atoms with E-state index in [1.807, 2.05) is 67.5 Å². The Morgan fingerprint density at radius 2 is 1.57 bits per heavy atom. The van der Waals surface area contributed by atoms with Crippen LogP contribution in [-0.2, 0) is 14.3 Å². The number of rotatable bonds is 11. The largest absolute Gasteiger partial charge is 0.481 e. The van der Waals surface area contributed by atoms with Crippen LogP contribution in [0.15, 0.2) is 48.5 Å². The lowest BCUT2D eigenvalue weighted by atomic mass is 9.98. The van der Waals surface area contributed by atoms with E-state index in [0.29, 0.717) is 12.5 Å². The van der Waals surface area contributed by atoms with Crippen molar-refractivity contribution in [1.82, 2.24) is 15.5 Å². The van der Waals surface area contributed by atoms with Crippen LogP contribution in [0.5, 0.6) is 0 Å². The Morgan fingerprint density at radius 1 is 1.00 bits per heavy atom. The second-order valence-electron chi connectivity index (χ2n) is 9.61. The second kappa shape index (κ2) is 11.8. The molecule has 0 fully saturated rings. The lowest BCUT2D eigenvalue weighted by molar-refractivity contribution is -0.139. The number of nitrogens with one attached hydrogen (secondary N) is 2. The molecule has 35 heavy (non-hydrogen) atoms. The van der Waals surface area contributed by atoms with E-state index in [2.05, 4.69) is 24.5 Å². The van der Waals surface area contributed by atoms with Crippen LogP contribution in [0.1, 0.15) is 43.7 Å². The summed E-state index contributed by atoms with van der Waals surface area (Å²) >= 11 is 0. The molecule has 3 N–H and O–H groups in total. The number of ether oxygens (including phenoxy) is 1. The number of hydrogen-bond acceptors (Lipinski definition) is 5. The minimum absolute atomic E-state index is 0.0817. The normalized spacial score (nSPS) is 14.2. The summed E-state index contributed by atoms with van der Waals surface area (Å²) in [6, 6.07) is 14.8. The molecule has 0 heterocycles. The van der Waals surface area contributed by atoms with Crippen molar-refractivity contribution in [3.05, 3.63) is 59.7 Å². The van der Waals surface area contributed by atoms with Gasteiger partial charge in [0.15, 0.2) is 0 Å². The van der Waals surface area contributed by atoms with Gasteiger partial charge in [-0.05, 0) is 48.7 Å². The average Bonchev–Trinajstić information content (AvgIpc) is 3.13. The zero-order valence-corrected chi connectivity index (χ0v) is 20.8. The Bertz CT molecular complexity index is 1010. The maximum Gasteiger partial charge on any atom is 0.407 e. The Hall–Kier alpha value is -3.39. The number of likely N-dealkylation sites (N-methyl/N-ethyl adjacent to an activating group) is 1. The third-order valence-electron chi connectivity index (χ3n) is 6.32. The second-order valence-corrected chi connectivity index (χ2v) is 9.61. The minimum atomic E-state index is -1.23. The molecule has 0 bridgehead atoms. The van der Waals surface area contributed by atoms with Crippen molar-refractivity contribution in [3.8, 4) is 11.1 Å². The summed E-state index contributed by atoms with van der Waals surface area (Å²) in [5, 5.41) is 14.5. The van der Waals surface area contributed by atoms with Crippen molar-refractivity contribution in [3.63, 3.8) is 0 Å². The summed E-state index contributed by atoms with van der Waals surface area (Å²) in [5.74, 6) is -1.42. The summed E-state index contributed by atoms with van der Waals surface area (Å²) in [4.78, 5) is 38.7. The molecule has 2 amide bonds. The van der Waals surface area contributed by atoms with Gasteiger partial charge < -0.3 is 25.4 Å². The molecule has 2 aromatic carbocycles. The van der Waals surface area contributed by atoms with Crippen LogP contribution in [0, 0.1) is 5.92 Å². The number of carbonyl (C=O) groups is 3. The van der Waals surface area contributed by atoms with Crippen molar-refractivity contribution in [2.24, 2.45) is 5.92 Å². The number of carboxylic acids is 1. The maximum absolute atomic E-state index is 12.8. The van der Waals surface area contributed by atoms with Crippen LogP contribution in [0.2, 0.25) is 0 Å². The van der Waals surface area contributed by atoms with Crippen molar-refractivity contribution in [2.45, 2.75) is 44.7 Å². The fraction of sp³-hybridized carbons (Fsp3) is 0.444. The Labute approximate surface area is 206 Å². The van der Waals surface area contributed by atoms with Crippen LogP contribution in [0.25, 0.3) is 11.1 Å². The number of amides is 2. The number of fused-ring (bicyclic) bond motifs is 3. The Morgan fingerprint density at radius 3 is 2.09 bits per heavy atom. The van der Waals surface area contributed by atoms with Gasteiger partial charge in [0, 0.05) is 18.5 Å². The van der Waals surface area contributed by atoms with Crippen LogP contribution >= 0.6 is 0 Å². The first-order valence-corrected chi connectivity index (χ1v) is 11.9. The fourth-order valence-electron chi connectivity index (χ4n) is 4.53. The number of hydrogen-bond donors (Lipinski definition) is 3. The molecule has 0 saturated heterocycles. The monoisotopic (exact) mass is 481 g/mol. The highest BCUT2D eigenvalue weighted by molar-refractivity contribution is 5.89. The van der Waals surface area contributed by atoms with Crippen LogP contribution in [0.4, 0.5) is 4.79 Å². The number of carboxylic acid groups (broad SMARTS) is 1. The fourth-order valence-corrected chi connectivity index (χ4v) is 4.53. The molecule has 2 unspecified atom stereocenters. The van der Waals surface area contributed by atoms with E-state index in [0.717, 1.165) is 28.7 Å². The zero-order valence-electron chi connectivity index (χ0n) is 20.8. The standard InChI is InChI=1S/C27H35N3O5/c1-17(2)13-18(30(3)4)15-28-26(33)24(14-25(31)32)29-27(34)35-16-23-21-11-7-5-9-19(21)20-10-6-8-12-22(20)23/h5-12,17-18,23-24H,13-16H2,1-4H3,(H,28,33)(H,29,34)(H,31,32). The van der Waals surface area contributed by atoms with Gasteiger partial charge in [-0.3, -0.25) is 9.59 Å². The summed E-state index contributed by atoms with van der Waals surface area (Å²) in [6.07, 6.45) is -0.483. The summed E-state index contributed by atoms with van der Waals surface area (Å²) in [7, 11) is 3.87. The third kappa shape index (κ3) is 6.82. The number of carbonyl (C=O) groups excluding carboxylic acids is 2. The molecule has 2 atom stereocenters. The molecule has 1 aliphatic carbocycles. The van der Waals surface area contributed by atoms with E-state index in [9.17, 15) is 19.5 Å². The topological polar surface area (TPSA) is 108 Å². The Balaban J connectivity index is 1.62. The molecule has 0 aromatic heterocycles. The van der Waals surface area contributed by atoms with Gasteiger partial charge >= 0.3 is 12.1 Å². The molecule has 2 aromatic rings. The lowest BCUT2D eigenvalue weighted by Crippen LogP contribution is -2.51. The first kappa shape index (κ1) is 26.2. The number of nitrogens with zero attached hydrogens (tertiary/aromatic N) is 1. The van der Waals surface area contributed by atoms with Crippen molar-refractivity contribution in [2.75, 3.05) is 27.2 Å². The molecule has 1 aliphatic rings. The van der Waals surface area contributed by atoms with E-state index < -0.39 is 30.4 Å². The van der Waals surface area contributed by atoms with Gasteiger partial charge in [-0.25, -0.2) is 4.79 Å². The van der Waals surface area contributed by atoms with Crippen LogP contribution in [0.3, 0.4) is 0 Å². The molecule has 0 radical (unpaired) electrons. The predicted molar refractivity (Wildman–Crippen MR) is 134 cm³/mol. The molecule has 0 spiro atoms. The van der Waals surface area contributed by atoms with E-state index in [4.69, 9.17) is 4.74 Å². The third-order valence-corrected chi connectivity index (χ3v) is 6.32. The summed E-state index contributed by atoms with van der Waals surface area (Å²) in [6.45, 7) is 4.64. The average molecular weight is 482 g/mol. The molecule has 3 rings (SSSR count). The van der Waals surface area contributed by atoms with Gasteiger partial charge in [0.05, 0.1) is 6.42 Å². The first-order chi connectivity index (χ1) is 16.7. The number of alkyl carbamates (subject to hydrolysis) is 1. The van der Waals surface area contributed by atoms with Crippen molar-refractivity contribution < 1.29 is 24.2 Å². The van der Waals surface area contributed by atoms with Gasteiger partial charge in [0.1, 0.15) is 12.6 Å². The number of aliphatic carboxylic acids is 1. The molecule has 188 valence electrons. The molecule has 0 aliphatic heterocycles. The van der Waals surface area contributed by atoms with Gasteiger partial charge in [-0.15, -0.1) is 0 Å². The van der Waals surface area contributed by atoms with E-state index >= 15 is 0 Å². The van der Waals surface area contributed by atoms with Gasteiger partial charge in [-0.1, -0.05) is 62.4 Å². The predicted octanol–water partition coefficient (Wildman–Crippen LogP) is 3.46. The van der Waals surface area contributed by atoms with Crippen molar-refractivity contribution in [1.29, 1.82) is 0 Å². The van der Waals surface area contributed by atoms with E-state index in [-0.39, 0.29) is 18.6 Å². The zero-order chi connectivity index (χ0) is 25.5. The number of benzene rings is 2. The molecular weight excluding hydrogens is 446 g/mol. The minimum Gasteiger partial charge on any atom is -0.481 e. The molecule has 0 saturated carbocycles. The van der Waals surface area contributed by atoms with E-state index in [1.165, 1.54) is 0 Å². The summed E-state index contributed by atoms with van der Waals surface area (Å²) in [5.41, 5.74) is 4.36. The van der Waals surface area contributed by atoms with Crippen LogP contribution in [-0.4, -0.2) is 67.3 Å². The van der Waals surface area contributed by atoms with Gasteiger partial charge in [0.2, 0.25) is 5.91 Å². The molecular formula is C27H35N3O5. The first-order valence-electron chi connectivity index (χ1n) is 11.9. The Kier molecular flexibility index (Phi) is 8.87. The highest BCUT2D eigenvalue weighted by atomic mass is 16.5. The van der Waals surface area contributed by atoms with Crippen LogP contribution < -0.4 is 10.6 Å². The highest BCUT2D eigenvalue weighted by Crippen LogP contribution is 2.44. The lowest BCUT2D eigenvalue weighted by Gasteiger charge is -2.27. The maximum atomic E-state index is 12.8. The highest BCUT2D eigenvalue weighted by Gasteiger charge is 2.30. The molecule has 8 nitrogen and oxygen atoms in total. The van der Waals surface area contributed by atoms with E-state index in [1.54, 1.807) is 0 Å². The SMILES string of the molecule is CC(C)CC(CNC(=O)C(CC(=O)O)NC(=O)OCC1c2ccccc2-c2ccccc21)N(C)C. The summed E-state index contributed by atoms with van der Waals surface area (Å²) < 4.78 is 5.49. The quantitative estimate of drug-likeness (QED) is 0.454. The van der Waals surface area contributed by atoms with Gasteiger partial charge in [-0.2, -0.15) is 0 Å². The molecule has 8 heteroatoms. The van der Waals surface area contributed by atoms with Gasteiger partial charge in [0.25, 0.3) is 0 Å². The van der Waals surface area contributed by atoms with Crippen molar-refractivity contribution >= 4 is 18.0 Å². The smallest absolute Gasteiger partial charge is 0.407 e.